The van der Waals surface area contributed by atoms with Gasteiger partial charge in [0.1, 0.15) is 22.5 Å². The van der Waals surface area contributed by atoms with Gasteiger partial charge >= 0.3 is 0 Å². The molecule has 2 aromatic heterocycles. The number of piperidine rings is 1. The Morgan fingerprint density at radius 1 is 1.14 bits per heavy atom. The van der Waals surface area contributed by atoms with Crippen molar-refractivity contribution < 1.29 is 8.78 Å². The van der Waals surface area contributed by atoms with E-state index in [4.69, 9.17) is 4.98 Å². The minimum absolute atomic E-state index is 0.0390. The molecule has 29 heavy (non-hydrogen) atoms. The first-order valence-corrected chi connectivity index (χ1v) is 10.6. The van der Waals surface area contributed by atoms with E-state index in [0.717, 1.165) is 35.9 Å². The van der Waals surface area contributed by atoms with Crippen LogP contribution in [0.4, 0.5) is 14.6 Å². The second kappa shape index (κ2) is 7.30. The lowest BCUT2D eigenvalue weighted by molar-refractivity contribution is 0.389. The van der Waals surface area contributed by atoms with Gasteiger partial charge in [-0.25, -0.2) is 13.8 Å². The zero-order valence-corrected chi connectivity index (χ0v) is 16.8. The summed E-state index contributed by atoms with van der Waals surface area (Å²) in [4.78, 5) is 17.2. The van der Waals surface area contributed by atoms with Gasteiger partial charge in [-0.2, -0.15) is 0 Å². The highest BCUT2D eigenvalue weighted by Gasteiger charge is 2.37. The molecule has 0 radical (unpaired) electrons. The summed E-state index contributed by atoms with van der Waals surface area (Å²) in [7, 11) is 0. The van der Waals surface area contributed by atoms with Crippen molar-refractivity contribution in [1.82, 2.24) is 9.97 Å². The van der Waals surface area contributed by atoms with Gasteiger partial charge in [-0.1, -0.05) is 6.07 Å². The summed E-state index contributed by atoms with van der Waals surface area (Å²) in [5.74, 6) is 0.185. The Morgan fingerprint density at radius 2 is 1.97 bits per heavy atom. The Morgan fingerprint density at radius 3 is 2.72 bits per heavy atom. The van der Waals surface area contributed by atoms with Crippen molar-refractivity contribution >= 4 is 22.9 Å². The van der Waals surface area contributed by atoms with E-state index < -0.39 is 11.6 Å². The number of aliphatic imine (C=N–C) groups is 1. The second-order valence-corrected chi connectivity index (χ2v) is 8.78. The molecule has 0 amide bonds. The molecule has 1 fully saturated rings. The first-order chi connectivity index (χ1) is 14.1. The van der Waals surface area contributed by atoms with E-state index in [0.29, 0.717) is 12.1 Å². The van der Waals surface area contributed by atoms with Crippen molar-refractivity contribution in [1.29, 1.82) is 0 Å². The molecule has 2 unspecified atom stereocenters. The van der Waals surface area contributed by atoms with Gasteiger partial charge in [0.05, 0.1) is 11.6 Å². The summed E-state index contributed by atoms with van der Waals surface area (Å²) < 4.78 is 28.4. The fourth-order valence-corrected chi connectivity index (χ4v) is 5.25. The molecule has 1 aromatic carbocycles. The average molecular weight is 410 g/mol. The molecule has 2 aliphatic heterocycles. The lowest BCUT2D eigenvalue weighted by Crippen LogP contribution is -2.41. The highest BCUT2D eigenvalue weighted by molar-refractivity contribution is 7.15. The van der Waals surface area contributed by atoms with Gasteiger partial charge in [0.25, 0.3) is 0 Å². The molecule has 4 heterocycles. The fourth-order valence-electron chi connectivity index (χ4n) is 4.32. The van der Waals surface area contributed by atoms with Crippen molar-refractivity contribution in [3.63, 3.8) is 0 Å². The van der Waals surface area contributed by atoms with Crippen LogP contribution in [0.3, 0.4) is 0 Å². The summed E-state index contributed by atoms with van der Waals surface area (Å²) in [5.41, 5.74) is 1.61. The minimum Gasteiger partial charge on any atom is -0.355 e. The molecule has 2 aliphatic rings. The number of fused-ring (bicyclic) bond motifs is 1. The van der Waals surface area contributed by atoms with E-state index in [2.05, 4.69) is 21.8 Å². The molecular weight excluding hydrogens is 390 g/mol. The molecule has 7 heteroatoms. The van der Waals surface area contributed by atoms with Crippen LogP contribution in [0.15, 0.2) is 47.7 Å². The highest BCUT2D eigenvalue weighted by atomic mass is 32.1. The molecule has 0 bridgehead atoms. The largest absolute Gasteiger partial charge is 0.355 e. The standard InChI is InChI=1S/C22H20F2N4S/c1-13-21(27-22(29-13)14-4-3-8-25-11-14)28-9-7-18-15(12-28)10-19(26-18)20-16(23)5-2-6-17(20)24/h2-6,8,11,15,18H,7,9-10,12H2,1H3. The van der Waals surface area contributed by atoms with E-state index in [1.165, 1.54) is 23.1 Å². The zero-order chi connectivity index (χ0) is 20.0. The number of halogens is 2. The quantitative estimate of drug-likeness (QED) is 0.618. The first-order valence-electron chi connectivity index (χ1n) is 9.74. The monoisotopic (exact) mass is 410 g/mol. The number of pyridine rings is 1. The van der Waals surface area contributed by atoms with Crippen LogP contribution in [0.1, 0.15) is 23.3 Å². The molecule has 1 saturated heterocycles. The average Bonchev–Trinajstić information content (AvgIpc) is 3.31. The van der Waals surface area contributed by atoms with Crippen LogP contribution in [0.25, 0.3) is 10.6 Å². The van der Waals surface area contributed by atoms with Crippen LogP contribution in [0, 0.1) is 24.5 Å². The third-order valence-electron chi connectivity index (χ3n) is 5.70. The van der Waals surface area contributed by atoms with Crippen LogP contribution >= 0.6 is 11.3 Å². The summed E-state index contributed by atoms with van der Waals surface area (Å²) in [6, 6.07) is 8.04. The molecule has 0 aliphatic carbocycles. The number of anilines is 1. The molecule has 4 nitrogen and oxygen atoms in total. The number of thiazole rings is 1. The van der Waals surface area contributed by atoms with Crippen LogP contribution < -0.4 is 4.90 Å². The molecule has 0 saturated carbocycles. The first kappa shape index (κ1) is 18.4. The van der Waals surface area contributed by atoms with Gasteiger partial charge in [-0.3, -0.25) is 9.98 Å². The predicted molar refractivity (Wildman–Crippen MR) is 112 cm³/mol. The van der Waals surface area contributed by atoms with Crippen LogP contribution in [-0.4, -0.2) is 34.8 Å². The maximum absolute atomic E-state index is 14.2. The molecule has 148 valence electrons. The highest BCUT2D eigenvalue weighted by Crippen LogP contribution is 2.37. The SMILES string of the molecule is Cc1sc(-c2cccnc2)nc1N1CCC2N=C(c3c(F)cccc3F)CC2C1. The summed E-state index contributed by atoms with van der Waals surface area (Å²) >= 11 is 1.67. The Bertz CT molecular complexity index is 1060. The Hall–Kier alpha value is -2.67. The van der Waals surface area contributed by atoms with E-state index >= 15 is 0 Å². The number of hydrogen-bond donors (Lipinski definition) is 0. The molecule has 5 rings (SSSR count). The van der Waals surface area contributed by atoms with Gasteiger partial charge in [-0.15, -0.1) is 11.3 Å². The number of aromatic nitrogens is 2. The van der Waals surface area contributed by atoms with Crippen molar-refractivity contribution in [3.05, 3.63) is 64.8 Å². The smallest absolute Gasteiger partial charge is 0.143 e. The number of benzene rings is 1. The molecule has 3 aromatic rings. The minimum atomic E-state index is -0.532. The van der Waals surface area contributed by atoms with E-state index in [1.54, 1.807) is 17.5 Å². The normalized spacial score (nSPS) is 21.2. The second-order valence-electron chi connectivity index (χ2n) is 7.58. The number of nitrogens with zero attached hydrogens (tertiary/aromatic N) is 4. The molecule has 0 N–H and O–H groups in total. The van der Waals surface area contributed by atoms with Gasteiger partial charge in [0, 0.05) is 47.6 Å². The Kier molecular flexibility index (Phi) is 4.62. The Labute approximate surface area is 172 Å². The lowest BCUT2D eigenvalue weighted by atomic mass is 9.90. The fraction of sp³-hybridized carbons (Fsp3) is 0.318. The van der Waals surface area contributed by atoms with E-state index in [1.807, 2.05) is 18.3 Å². The van der Waals surface area contributed by atoms with Crippen molar-refractivity contribution in [2.45, 2.75) is 25.8 Å². The number of aryl methyl sites for hydroxylation is 1. The van der Waals surface area contributed by atoms with Crippen LogP contribution in [0.2, 0.25) is 0 Å². The molecular formula is C22H20F2N4S. The predicted octanol–water partition coefficient (Wildman–Crippen LogP) is 4.88. The van der Waals surface area contributed by atoms with Crippen LogP contribution in [0.5, 0.6) is 0 Å². The van der Waals surface area contributed by atoms with Crippen molar-refractivity contribution in [2.75, 3.05) is 18.0 Å². The summed E-state index contributed by atoms with van der Waals surface area (Å²) in [6.07, 6.45) is 5.04. The molecule has 0 spiro atoms. The summed E-state index contributed by atoms with van der Waals surface area (Å²) in [6.45, 7) is 3.73. The summed E-state index contributed by atoms with van der Waals surface area (Å²) in [5, 5.41) is 0.963. The van der Waals surface area contributed by atoms with Gasteiger partial charge in [0.15, 0.2) is 0 Å². The van der Waals surface area contributed by atoms with Crippen molar-refractivity contribution in [2.24, 2.45) is 10.9 Å². The third kappa shape index (κ3) is 3.33. The third-order valence-corrected chi connectivity index (χ3v) is 6.71. The zero-order valence-electron chi connectivity index (χ0n) is 16.0. The maximum atomic E-state index is 14.2. The maximum Gasteiger partial charge on any atom is 0.143 e. The van der Waals surface area contributed by atoms with Gasteiger partial charge in [-0.05, 0) is 44.0 Å². The lowest BCUT2D eigenvalue weighted by Gasteiger charge is -2.34. The van der Waals surface area contributed by atoms with E-state index in [-0.39, 0.29) is 17.5 Å². The number of hydrogen-bond acceptors (Lipinski definition) is 5. The van der Waals surface area contributed by atoms with Gasteiger partial charge < -0.3 is 4.90 Å². The topological polar surface area (TPSA) is 41.4 Å². The number of rotatable bonds is 3. The van der Waals surface area contributed by atoms with Gasteiger partial charge in [0.2, 0.25) is 0 Å². The van der Waals surface area contributed by atoms with Crippen molar-refractivity contribution in [3.8, 4) is 10.6 Å². The van der Waals surface area contributed by atoms with Crippen LogP contribution in [-0.2, 0) is 0 Å². The Balaban J connectivity index is 1.36. The van der Waals surface area contributed by atoms with E-state index in [9.17, 15) is 8.78 Å². The molecule has 2 atom stereocenters.